The van der Waals surface area contributed by atoms with E-state index in [1.807, 2.05) is 6.07 Å². The monoisotopic (exact) mass is 350 g/mol. The predicted octanol–water partition coefficient (Wildman–Crippen LogP) is 3.47. The maximum absolute atomic E-state index is 5.87. The van der Waals surface area contributed by atoms with Gasteiger partial charge in [0.25, 0.3) is 0 Å². The third-order valence-electron chi connectivity index (χ3n) is 3.75. The molecule has 0 saturated carbocycles. The molecule has 3 nitrogen and oxygen atoms in total. The SMILES string of the molecule is CN1CCC[C@H]1COc1cncc(C#CCCCCBr)c1. The Morgan fingerprint density at radius 1 is 1.43 bits per heavy atom. The number of pyridine rings is 1. The number of hydrogen-bond acceptors (Lipinski definition) is 3. The number of rotatable bonds is 6. The van der Waals surface area contributed by atoms with Gasteiger partial charge in [0.2, 0.25) is 0 Å². The van der Waals surface area contributed by atoms with Crippen molar-refractivity contribution in [1.82, 2.24) is 9.88 Å². The van der Waals surface area contributed by atoms with Crippen LogP contribution < -0.4 is 4.74 Å². The highest BCUT2D eigenvalue weighted by atomic mass is 79.9. The highest BCUT2D eigenvalue weighted by molar-refractivity contribution is 9.09. The zero-order valence-electron chi connectivity index (χ0n) is 12.6. The van der Waals surface area contributed by atoms with Crippen LogP contribution in [0, 0.1) is 11.8 Å². The molecular formula is C17H23BrN2O. The Kier molecular flexibility index (Phi) is 7.05. The molecule has 0 N–H and O–H groups in total. The van der Waals surface area contributed by atoms with E-state index in [1.54, 1.807) is 12.4 Å². The summed E-state index contributed by atoms with van der Waals surface area (Å²) in [6.07, 6.45) is 9.29. The predicted molar refractivity (Wildman–Crippen MR) is 89.9 cm³/mol. The lowest BCUT2D eigenvalue weighted by Crippen LogP contribution is -2.30. The summed E-state index contributed by atoms with van der Waals surface area (Å²) in [4.78, 5) is 6.58. The number of aromatic nitrogens is 1. The average molecular weight is 351 g/mol. The van der Waals surface area contributed by atoms with Crippen molar-refractivity contribution in [1.29, 1.82) is 0 Å². The van der Waals surface area contributed by atoms with Crippen LogP contribution in [0.2, 0.25) is 0 Å². The molecule has 0 radical (unpaired) electrons. The van der Waals surface area contributed by atoms with Crippen molar-refractivity contribution in [2.75, 3.05) is 25.5 Å². The minimum absolute atomic E-state index is 0.531. The van der Waals surface area contributed by atoms with E-state index in [0.29, 0.717) is 6.04 Å². The Bertz CT molecular complexity index is 495. The number of unbranched alkanes of at least 4 members (excludes halogenated alkanes) is 2. The number of likely N-dealkylation sites (N-methyl/N-ethyl adjacent to an activating group) is 1. The molecule has 0 aromatic carbocycles. The van der Waals surface area contributed by atoms with E-state index in [4.69, 9.17) is 4.74 Å². The largest absolute Gasteiger partial charge is 0.490 e. The number of likely N-dealkylation sites (tertiary alicyclic amines) is 1. The second-order valence-electron chi connectivity index (χ2n) is 5.44. The summed E-state index contributed by atoms with van der Waals surface area (Å²) in [6.45, 7) is 1.91. The van der Waals surface area contributed by atoms with Gasteiger partial charge in [0.05, 0.1) is 6.20 Å². The number of nitrogens with zero attached hydrogens (tertiary/aromatic N) is 2. The van der Waals surface area contributed by atoms with Gasteiger partial charge in [-0.15, -0.1) is 0 Å². The molecule has 1 aromatic rings. The van der Waals surface area contributed by atoms with Crippen molar-refractivity contribution in [3.8, 4) is 17.6 Å². The Hall–Kier alpha value is -1.05. The normalized spacial score (nSPS) is 18.3. The molecule has 0 amide bonds. The van der Waals surface area contributed by atoms with Crippen molar-refractivity contribution in [3.63, 3.8) is 0 Å². The Morgan fingerprint density at radius 3 is 3.10 bits per heavy atom. The van der Waals surface area contributed by atoms with E-state index in [2.05, 4.69) is 44.7 Å². The topological polar surface area (TPSA) is 25.4 Å². The van der Waals surface area contributed by atoms with Crippen LogP contribution in [0.15, 0.2) is 18.5 Å². The van der Waals surface area contributed by atoms with Crippen molar-refractivity contribution in [2.24, 2.45) is 0 Å². The average Bonchev–Trinajstić information content (AvgIpc) is 2.91. The number of ether oxygens (including phenoxy) is 1. The number of hydrogen-bond donors (Lipinski definition) is 0. The summed E-state index contributed by atoms with van der Waals surface area (Å²) in [5.41, 5.74) is 0.936. The quantitative estimate of drug-likeness (QED) is 0.446. The summed E-state index contributed by atoms with van der Waals surface area (Å²) in [5.74, 6) is 7.18. The van der Waals surface area contributed by atoms with Gasteiger partial charge in [0.1, 0.15) is 12.4 Å². The molecule has 0 aliphatic carbocycles. The van der Waals surface area contributed by atoms with Crippen molar-refractivity contribution in [2.45, 2.75) is 38.1 Å². The molecule has 21 heavy (non-hydrogen) atoms. The summed E-state index contributed by atoms with van der Waals surface area (Å²) >= 11 is 3.43. The summed E-state index contributed by atoms with van der Waals surface area (Å²) in [7, 11) is 2.16. The first-order chi connectivity index (χ1) is 10.3. The molecule has 0 bridgehead atoms. The fourth-order valence-corrected chi connectivity index (χ4v) is 2.82. The molecule has 0 spiro atoms. The van der Waals surface area contributed by atoms with Crippen LogP contribution in [-0.4, -0.2) is 41.5 Å². The maximum Gasteiger partial charge on any atom is 0.138 e. The minimum Gasteiger partial charge on any atom is -0.490 e. The van der Waals surface area contributed by atoms with Crippen LogP contribution in [0.5, 0.6) is 5.75 Å². The van der Waals surface area contributed by atoms with Crippen LogP contribution in [0.25, 0.3) is 0 Å². The fourth-order valence-electron chi connectivity index (χ4n) is 2.42. The van der Waals surface area contributed by atoms with Gasteiger partial charge in [-0.05, 0) is 45.3 Å². The van der Waals surface area contributed by atoms with Crippen molar-refractivity contribution >= 4 is 15.9 Å². The first-order valence-electron chi connectivity index (χ1n) is 7.62. The van der Waals surface area contributed by atoms with Gasteiger partial charge < -0.3 is 9.64 Å². The molecule has 1 aliphatic rings. The van der Waals surface area contributed by atoms with Gasteiger partial charge in [-0.25, -0.2) is 0 Å². The molecule has 114 valence electrons. The molecule has 1 saturated heterocycles. The minimum atomic E-state index is 0.531. The zero-order chi connectivity index (χ0) is 14.9. The highest BCUT2D eigenvalue weighted by Crippen LogP contribution is 2.17. The fraction of sp³-hybridized carbons (Fsp3) is 0.588. The van der Waals surface area contributed by atoms with Crippen LogP contribution >= 0.6 is 15.9 Å². The molecule has 1 aliphatic heterocycles. The summed E-state index contributed by atoms with van der Waals surface area (Å²) in [5, 5.41) is 1.05. The van der Waals surface area contributed by atoms with E-state index in [0.717, 1.165) is 36.1 Å². The molecule has 1 atom stereocenters. The third kappa shape index (κ3) is 5.68. The standard InChI is InChI=1S/C17H23BrN2O/c1-20-10-6-8-16(20)14-21-17-11-15(12-19-13-17)7-4-2-3-5-9-18/h11-13,16H,2-3,5-6,8-10,14H2,1H3/t16-/m0/s1. The van der Waals surface area contributed by atoms with E-state index in [1.165, 1.54) is 25.8 Å². The molecule has 2 rings (SSSR count). The lowest BCUT2D eigenvalue weighted by atomic mass is 10.2. The Morgan fingerprint density at radius 2 is 2.33 bits per heavy atom. The maximum atomic E-state index is 5.87. The van der Waals surface area contributed by atoms with Gasteiger partial charge in [-0.1, -0.05) is 27.8 Å². The number of halogens is 1. The molecule has 1 fully saturated rings. The zero-order valence-corrected chi connectivity index (χ0v) is 14.2. The molecular weight excluding hydrogens is 328 g/mol. The first-order valence-corrected chi connectivity index (χ1v) is 8.74. The van der Waals surface area contributed by atoms with Crippen molar-refractivity contribution in [3.05, 3.63) is 24.0 Å². The summed E-state index contributed by atoms with van der Waals surface area (Å²) in [6, 6.07) is 2.52. The molecule has 1 aromatic heterocycles. The van der Waals surface area contributed by atoms with Gasteiger partial charge in [0, 0.05) is 29.6 Å². The number of alkyl halides is 1. The van der Waals surface area contributed by atoms with Crippen LogP contribution in [-0.2, 0) is 0 Å². The summed E-state index contributed by atoms with van der Waals surface area (Å²) < 4.78 is 5.87. The Labute approximate surface area is 136 Å². The molecule has 2 heterocycles. The second-order valence-corrected chi connectivity index (χ2v) is 6.24. The third-order valence-corrected chi connectivity index (χ3v) is 4.31. The van der Waals surface area contributed by atoms with E-state index in [9.17, 15) is 0 Å². The van der Waals surface area contributed by atoms with Gasteiger partial charge in [-0.3, -0.25) is 4.98 Å². The van der Waals surface area contributed by atoms with E-state index < -0.39 is 0 Å². The van der Waals surface area contributed by atoms with Crippen molar-refractivity contribution < 1.29 is 4.74 Å². The molecule has 0 unspecified atom stereocenters. The van der Waals surface area contributed by atoms with Gasteiger partial charge in [0.15, 0.2) is 0 Å². The lowest BCUT2D eigenvalue weighted by Gasteiger charge is -2.19. The van der Waals surface area contributed by atoms with E-state index in [-0.39, 0.29) is 0 Å². The lowest BCUT2D eigenvalue weighted by molar-refractivity contribution is 0.198. The second kappa shape index (κ2) is 9.07. The molecule has 4 heteroatoms. The van der Waals surface area contributed by atoms with E-state index >= 15 is 0 Å². The van der Waals surface area contributed by atoms with Gasteiger partial charge in [-0.2, -0.15) is 0 Å². The van der Waals surface area contributed by atoms with Crippen LogP contribution in [0.3, 0.4) is 0 Å². The highest BCUT2D eigenvalue weighted by Gasteiger charge is 2.21. The van der Waals surface area contributed by atoms with Crippen LogP contribution in [0.4, 0.5) is 0 Å². The smallest absolute Gasteiger partial charge is 0.138 e. The Balaban J connectivity index is 1.82. The first kappa shape index (κ1) is 16.3. The van der Waals surface area contributed by atoms with Crippen LogP contribution in [0.1, 0.15) is 37.7 Å². The van der Waals surface area contributed by atoms with Gasteiger partial charge >= 0.3 is 0 Å².